The quantitative estimate of drug-likeness (QED) is 0.682. The molecule has 4 N–H and O–H groups in total. The first-order valence-electron chi connectivity index (χ1n) is 5.29. The Morgan fingerprint density at radius 1 is 1.56 bits per heavy atom. The molecule has 4 heteroatoms. The molecule has 0 radical (unpaired) electrons. The van der Waals surface area contributed by atoms with Crippen molar-refractivity contribution >= 4 is 17.3 Å². The number of rotatable bonds is 3. The van der Waals surface area contributed by atoms with Gasteiger partial charge in [0.25, 0.3) is 0 Å². The van der Waals surface area contributed by atoms with E-state index < -0.39 is 5.97 Å². The molecule has 0 saturated heterocycles. The lowest BCUT2D eigenvalue weighted by atomic mass is 10.1. The summed E-state index contributed by atoms with van der Waals surface area (Å²) in [6, 6.07) is 5.28. The predicted molar refractivity (Wildman–Crippen MR) is 63.6 cm³/mol. The topological polar surface area (TPSA) is 75.3 Å². The Hall–Kier alpha value is -1.71. The van der Waals surface area contributed by atoms with Crippen LogP contribution < -0.4 is 11.1 Å². The number of nitrogen functional groups attached to an aromatic ring is 1. The van der Waals surface area contributed by atoms with Crippen LogP contribution in [0, 0.1) is 5.41 Å². The lowest BCUT2D eigenvalue weighted by Crippen LogP contribution is -2.12. The van der Waals surface area contributed by atoms with E-state index in [1.165, 1.54) is 6.07 Å². The molecule has 1 atom stereocenters. The van der Waals surface area contributed by atoms with Gasteiger partial charge in [0.2, 0.25) is 0 Å². The molecule has 0 bridgehead atoms. The zero-order valence-electron chi connectivity index (χ0n) is 9.45. The normalized spacial score (nSPS) is 21.5. The Balaban J connectivity index is 2.24. The van der Waals surface area contributed by atoms with E-state index in [9.17, 15) is 4.79 Å². The molecule has 16 heavy (non-hydrogen) atoms. The van der Waals surface area contributed by atoms with Gasteiger partial charge in [0, 0.05) is 17.4 Å². The summed E-state index contributed by atoms with van der Waals surface area (Å²) in [5.41, 5.74) is 7.19. The highest BCUT2D eigenvalue weighted by Gasteiger charge is 2.45. The van der Waals surface area contributed by atoms with Gasteiger partial charge in [-0.05, 0) is 30.0 Å². The Morgan fingerprint density at radius 2 is 2.19 bits per heavy atom. The molecular formula is C12H16N2O2. The second-order valence-electron chi connectivity index (χ2n) is 5.00. The lowest BCUT2D eigenvalue weighted by Gasteiger charge is -2.11. The van der Waals surface area contributed by atoms with Crippen molar-refractivity contribution in [3.8, 4) is 0 Å². The summed E-state index contributed by atoms with van der Waals surface area (Å²) in [6.45, 7) is 4.31. The summed E-state index contributed by atoms with van der Waals surface area (Å²) in [4.78, 5) is 11.0. The van der Waals surface area contributed by atoms with Crippen LogP contribution in [0.2, 0.25) is 0 Å². The maximum Gasteiger partial charge on any atom is 0.337 e. The fraction of sp³-hybridized carbons (Fsp3) is 0.417. The highest BCUT2D eigenvalue weighted by atomic mass is 16.4. The van der Waals surface area contributed by atoms with Crippen molar-refractivity contribution in [3.63, 3.8) is 0 Å². The third kappa shape index (κ3) is 1.96. The molecule has 0 spiro atoms. The summed E-state index contributed by atoms with van der Waals surface area (Å²) in [7, 11) is 0. The molecule has 1 aliphatic carbocycles. The van der Waals surface area contributed by atoms with Gasteiger partial charge < -0.3 is 16.2 Å². The van der Waals surface area contributed by atoms with Crippen LogP contribution in [0.4, 0.5) is 11.4 Å². The first-order valence-corrected chi connectivity index (χ1v) is 5.29. The highest BCUT2D eigenvalue weighted by Crippen LogP contribution is 2.46. The van der Waals surface area contributed by atoms with Gasteiger partial charge in [-0.1, -0.05) is 13.8 Å². The molecule has 1 unspecified atom stereocenters. The number of benzene rings is 1. The Kier molecular flexibility index (Phi) is 2.30. The maximum absolute atomic E-state index is 11.0. The van der Waals surface area contributed by atoms with Crippen LogP contribution in [0.5, 0.6) is 0 Å². The lowest BCUT2D eigenvalue weighted by molar-refractivity contribution is 0.0698. The Labute approximate surface area is 94.5 Å². The van der Waals surface area contributed by atoms with E-state index in [0.29, 0.717) is 17.4 Å². The largest absolute Gasteiger partial charge is 0.478 e. The van der Waals surface area contributed by atoms with E-state index in [2.05, 4.69) is 19.2 Å². The molecule has 1 aromatic carbocycles. The molecule has 0 amide bonds. The fourth-order valence-corrected chi connectivity index (χ4v) is 1.77. The van der Waals surface area contributed by atoms with Crippen molar-refractivity contribution < 1.29 is 9.90 Å². The summed E-state index contributed by atoms with van der Waals surface area (Å²) >= 11 is 0. The molecule has 1 aliphatic rings. The SMILES string of the molecule is CC1(C)CC1Nc1ccc(N)cc1C(=O)O. The average Bonchev–Trinajstić information content (AvgIpc) is 2.76. The number of aromatic carboxylic acids is 1. The second kappa shape index (κ2) is 3.40. The van der Waals surface area contributed by atoms with Gasteiger partial charge in [-0.2, -0.15) is 0 Å². The standard InChI is InChI=1S/C12H16N2O2/c1-12(2)6-10(12)14-9-4-3-7(13)5-8(9)11(15)16/h3-5,10,14H,6,13H2,1-2H3,(H,15,16). The molecule has 0 aliphatic heterocycles. The number of carbonyl (C=O) groups is 1. The summed E-state index contributed by atoms with van der Waals surface area (Å²) in [5, 5.41) is 12.3. The number of anilines is 2. The minimum atomic E-state index is -0.951. The van der Waals surface area contributed by atoms with Gasteiger partial charge >= 0.3 is 5.97 Å². The van der Waals surface area contributed by atoms with Crippen LogP contribution >= 0.6 is 0 Å². The van der Waals surface area contributed by atoms with E-state index in [-0.39, 0.29) is 11.0 Å². The Bertz CT molecular complexity index is 441. The van der Waals surface area contributed by atoms with E-state index in [1.807, 2.05) is 0 Å². The van der Waals surface area contributed by atoms with E-state index in [0.717, 1.165) is 6.42 Å². The summed E-state index contributed by atoms with van der Waals surface area (Å²) < 4.78 is 0. The zero-order valence-corrected chi connectivity index (χ0v) is 9.45. The number of carboxylic acid groups (broad SMARTS) is 1. The number of hydrogen-bond donors (Lipinski definition) is 3. The highest BCUT2D eigenvalue weighted by molar-refractivity contribution is 5.95. The molecule has 2 rings (SSSR count). The van der Waals surface area contributed by atoms with Crippen molar-refractivity contribution in [3.05, 3.63) is 23.8 Å². The monoisotopic (exact) mass is 220 g/mol. The van der Waals surface area contributed by atoms with Crippen molar-refractivity contribution in [1.82, 2.24) is 0 Å². The third-order valence-corrected chi connectivity index (χ3v) is 3.12. The van der Waals surface area contributed by atoms with Gasteiger partial charge in [-0.25, -0.2) is 4.79 Å². The van der Waals surface area contributed by atoms with Gasteiger partial charge in [0.05, 0.1) is 5.56 Å². The molecule has 1 fully saturated rings. The predicted octanol–water partition coefficient (Wildman–Crippen LogP) is 2.18. The minimum Gasteiger partial charge on any atom is -0.478 e. The zero-order chi connectivity index (χ0) is 11.9. The summed E-state index contributed by atoms with van der Waals surface area (Å²) in [5.74, 6) is -0.951. The Morgan fingerprint density at radius 3 is 2.69 bits per heavy atom. The van der Waals surface area contributed by atoms with Crippen LogP contribution in [0.1, 0.15) is 30.6 Å². The van der Waals surface area contributed by atoms with Crippen molar-refractivity contribution in [1.29, 1.82) is 0 Å². The van der Waals surface area contributed by atoms with E-state index in [4.69, 9.17) is 10.8 Å². The smallest absolute Gasteiger partial charge is 0.337 e. The molecule has 86 valence electrons. The number of nitrogens with two attached hydrogens (primary N) is 1. The first kappa shape index (κ1) is 10.8. The second-order valence-corrected chi connectivity index (χ2v) is 5.00. The van der Waals surface area contributed by atoms with Crippen LogP contribution in [0.25, 0.3) is 0 Å². The third-order valence-electron chi connectivity index (χ3n) is 3.12. The van der Waals surface area contributed by atoms with Crippen molar-refractivity contribution in [2.45, 2.75) is 26.3 Å². The molecule has 1 aromatic rings. The minimum absolute atomic E-state index is 0.239. The van der Waals surface area contributed by atoms with Gasteiger partial charge in [-0.15, -0.1) is 0 Å². The van der Waals surface area contributed by atoms with Crippen LogP contribution in [-0.4, -0.2) is 17.1 Å². The van der Waals surface area contributed by atoms with Gasteiger partial charge in [0.15, 0.2) is 0 Å². The number of hydrogen-bond acceptors (Lipinski definition) is 3. The first-order chi connectivity index (χ1) is 7.40. The van der Waals surface area contributed by atoms with Crippen LogP contribution in [0.15, 0.2) is 18.2 Å². The molecular weight excluding hydrogens is 204 g/mol. The molecule has 1 saturated carbocycles. The van der Waals surface area contributed by atoms with E-state index in [1.54, 1.807) is 12.1 Å². The van der Waals surface area contributed by atoms with Crippen molar-refractivity contribution in [2.24, 2.45) is 5.41 Å². The van der Waals surface area contributed by atoms with E-state index >= 15 is 0 Å². The molecule has 0 aromatic heterocycles. The number of carboxylic acids is 1. The maximum atomic E-state index is 11.0. The van der Waals surface area contributed by atoms with Crippen LogP contribution in [0.3, 0.4) is 0 Å². The molecule has 0 heterocycles. The van der Waals surface area contributed by atoms with Gasteiger partial charge in [-0.3, -0.25) is 0 Å². The average molecular weight is 220 g/mol. The summed E-state index contributed by atoms with van der Waals surface area (Å²) in [6.07, 6.45) is 1.07. The molecule has 4 nitrogen and oxygen atoms in total. The fourth-order valence-electron chi connectivity index (χ4n) is 1.77. The van der Waals surface area contributed by atoms with Gasteiger partial charge in [0.1, 0.15) is 0 Å². The van der Waals surface area contributed by atoms with Crippen LogP contribution in [-0.2, 0) is 0 Å². The number of nitrogens with one attached hydrogen (secondary N) is 1. The van der Waals surface area contributed by atoms with Crippen molar-refractivity contribution in [2.75, 3.05) is 11.1 Å².